The van der Waals surface area contributed by atoms with Crippen LogP contribution in [0, 0.1) is 6.92 Å². The zero-order chi connectivity index (χ0) is 26.1. The van der Waals surface area contributed by atoms with Crippen molar-refractivity contribution in [3.8, 4) is 5.69 Å². The number of aromatic nitrogens is 3. The van der Waals surface area contributed by atoms with Crippen LogP contribution in [0.25, 0.3) is 16.6 Å². The van der Waals surface area contributed by atoms with Crippen LogP contribution in [-0.2, 0) is 20.2 Å². The molecule has 4 rings (SSSR count). The average molecular weight is 506 g/mol. The summed E-state index contributed by atoms with van der Waals surface area (Å²) in [6, 6.07) is 18.2. The van der Waals surface area contributed by atoms with Crippen LogP contribution in [0.1, 0.15) is 39.0 Å². The number of fused-ring (bicyclic) bond motifs is 1. The first kappa shape index (κ1) is 25.5. The summed E-state index contributed by atoms with van der Waals surface area (Å²) >= 11 is 0. The Balaban J connectivity index is 1.64. The van der Waals surface area contributed by atoms with Crippen LogP contribution >= 0.6 is 0 Å². The number of benzene rings is 2. The first-order valence-corrected chi connectivity index (χ1v) is 13.3. The van der Waals surface area contributed by atoms with Crippen molar-refractivity contribution in [2.75, 3.05) is 18.4 Å². The van der Waals surface area contributed by atoms with E-state index in [4.69, 9.17) is 5.10 Å². The molecule has 1 amide bonds. The molecule has 2 aromatic carbocycles. The van der Waals surface area contributed by atoms with Crippen LogP contribution in [0.3, 0.4) is 0 Å². The van der Waals surface area contributed by atoms with Gasteiger partial charge >= 0.3 is 0 Å². The third-order valence-electron chi connectivity index (χ3n) is 5.88. The minimum absolute atomic E-state index is 0.0788. The molecule has 2 heterocycles. The van der Waals surface area contributed by atoms with Gasteiger partial charge in [0.15, 0.2) is 0 Å². The fraction of sp³-hybridized carbons (Fsp3) is 0.296. The maximum Gasteiger partial charge on any atom is 0.245 e. The summed E-state index contributed by atoms with van der Waals surface area (Å²) in [6.07, 6.45) is 1.56. The molecule has 8 nitrogen and oxygen atoms in total. The van der Waals surface area contributed by atoms with Crippen molar-refractivity contribution in [3.63, 3.8) is 0 Å². The molecule has 0 aliphatic rings. The Morgan fingerprint density at radius 1 is 1.06 bits per heavy atom. The molecule has 4 aromatic rings. The van der Waals surface area contributed by atoms with Gasteiger partial charge in [0.1, 0.15) is 10.7 Å². The van der Waals surface area contributed by atoms with Crippen LogP contribution in [0.4, 0.5) is 5.82 Å². The Bertz CT molecular complexity index is 1510. The highest BCUT2D eigenvalue weighted by Gasteiger charge is 2.28. The van der Waals surface area contributed by atoms with E-state index in [1.807, 2.05) is 70.2 Å². The second kappa shape index (κ2) is 9.83. The average Bonchev–Trinajstić information content (AvgIpc) is 3.26. The van der Waals surface area contributed by atoms with E-state index in [2.05, 4.69) is 10.3 Å². The quantitative estimate of drug-likeness (QED) is 0.393. The van der Waals surface area contributed by atoms with Gasteiger partial charge in [0.05, 0.1) is 23.4 Å². The summed E-state index contributed by atoms with van der Waals surface area (Å²) in [7, 11) is -3.96. The highest BCUT2D eigenvalue weighted by atomic mass is 32.2. The van der Waals surface area contributed by atoms with Crippen molar-refractivity contribution in [2.24, 2.45) is 0 Å². The number of nitrogens with one attached hydrogen (secondary N) is 1. The number of rotatable bonds is 7. The second-order valence-electron chi connectivity index (χ2n) is 9.73. The fourth-order valence-electron chi connectivity index (χ4n) is 3.93. The van der Waals surface area contributed by atoms with Crippen molar-refractivity contribution >= 4 is 32.7 Å². The number of sulfonamides is 1. The van der Waals surface area contributed by atoms with Gasteiger partial charge in [-0.25, -0.2) is 13.1 Å². The SMILES string of the molecule is CCN(CC(=O)Nc1cc(C(C)(C)C)nn1-c1cccc(C)c1)S(=O)(=O)c1cccc2cccnc12. The molecule has 0 aliphatic heterocycles. The van der Waals surface area contributed by atoms with Gasteiger partial charge in [-0.05, 0) is 36.8 Å². The molecular weight excluding hydrogens is 474 g/mol. The van der Waals surface area contributed by atoms with Gasteiger partial charge in [-0.1, -0.05) is 58.0 Å². The van der Waals surface area contributed by atoms with Gasteiger partial charge in [0, 0.05) is 29.6 Å². The van der Waals surface area contributed by atoms with Crippen LogP contribution in [0.15, 0.2) is 71.8 Å². The summed E-state index contributed by atoms with van der Waals surface area (Å²) in [5.41, 5.74) is 2.81. The third kappa shape index (κ3) is 5.17. The molecule has 0 saturated carbocycles. The third-order valence-corrected chi connectivity index (χ3v) is 7.83. The predicted octanol–water partition coefficient (Wildman–Crippen LogP) is 4.68. The molecule has 36 heavy (non-hydrogen) atoms. The summed E-state index contributed by atoms with van der Waals surface area (Å²) in [4.78, 5) is 17.5. The molecule has 2 aromatic heterocycles. The van der Waals surface area contributed by atoms with Crippen molar-refractivity contribution in [1.29, 1.82) is 0 Å². The largest absolute Gasteiger partial charge is 0.309 e. The summed E-state index contributed by atoms with van der Waals surface area (Å²) in [5, 5.41) is 8.34. The first-order valence-electron chi connectivity index (χ1n) is 11.8. The maximum atomic E-state index is 13.5. The normalized spacial score (nSPS) is 12.3. The van der Waals surface area contributed by atoms with E-state index >= 15 is 0 Å². The van der Waals surface area contributed by atoms with Crippen LogP contribution < -0.4 is 5.32 Å². The molecular formula is C27H31N5O3S. The number of likely N-dealkylation sites (N-methyl/N-ethyl adjacent to an activating group) is 1. The van der Waals surface area contributed by atoms with Gasteiger partial charge in [-0.3, -0.25) is 9.78 Å². The number of hydrogen-bond donors (Lipinski definition) is 1. The number of carbonyl (C=O) groups excluding carboxylic acids is 1. The lowest BCUT2D eigenvalue weighted by atomic mass is 9.92. The number of aryl methyl sites for hydroxylation is 1. The second-order valence-corrected chi connectivity index (χ2v) is 11.6. The van der Waals surface area contributed by atoms with Gasteiger partial charge in [0.2, 0.25) is 15.9 Å². The molecule has 0 saturated heterocycles. The Labute approximate surface area is 212 Å². The molecule has 0 bridgehead atoms. The van der Waals surface area contributed by atoms with Gasteiger partial charge in [-0.15, -0.1) is 0 Å². The number of amides is 1. The number of anilines is 1. The van der Waals surface area contributed by atoms with E-state index in [1.165, 1.54) is 6.07 Å². The molecule has 1 N–H and O–H groups in total. The monoisotopic (exact) mass is 505 g/mol. The summed E-state index contributed by atoms with van der Waals surface area (Å²) < 4.78 is 29.9. The van der Waals surface area contributed by atoms with Crippen molar-refractivity contribution < 1.29 is 13.2 Å². The van der Waals surface area contributed by atoms with E-state index < -0.39 is 15.9 Å². The van der Waals surface area contributed by atoms with E-state index in [9.17, 15) is 13.2 Å². The molecule has 188 valence electrons. The zero-order valence-electron chi connectivity index (χ0n) is 21.2. The zero-order valence-corrected chi connectivity index (χ0v) is 22.0. The maximum absolute atomic E-state index is 13.5. The predicted molar refractivity (Wildman–Crippen MR) is 142 cm³/mol. The first-order chi connectivity index (χ1) is 17.0. The Hall–Kier alpha value is -3.56. The van der Waals surface area contributed by atoms with E-state index in [1.54, 1.807) is 29.9 Å². The smallest absolute Gasteiger partial charge is 0.245 e. The van der Waals surface area contributed by atoms with Gasteiger partial charge < -0.3 is 5.32 Å². The highest BCUT2D eigenvalue weighted by molar-refractivity contribution is 7.89. The lowest BCUT2D eigenvalue weighted by molar-refractivity contribution is -0.116. The minimum Gasteiger partial charge on any atom is -0.309 e. The molecule has 0 fully saturated rings. The van der Waals surface area contributed by atoms with Crippen molar-refractivity contribution in [3.05, 3.63) is 78.1 Å². The number of hydrogen-bond acceptors (Lipinski definition) is 5. The number of carbonyl (C=O) groups is 1. The molecule has 0 radical (unpaired) electrons. The number of pyridine rings is 1. The van der Waals surface area contributed by atoms with E-state index in [0.29, 0.717) is 11.3 Å². The Morgan fingerprint density at radius 2 is 1.78 bits per heavy atom. The van der Waals surface area contributed by atoms with Crippen LogP contribution in [0.2, 0.25) is 0 Å². The number of para-hydroxylation sites is 1. The Morgan fingerprint density at radius 3 is 2.47 bits per heavy atom. The van der Waals surface area contributed by atoms with Gasteiger partial charge in [-0.2, -0.15) is 9.40 Å². The highest BCUT2D eigenvalue weighted by Crippen LogP contribution is 2.27. The fourth-order valence-corrected chi connectivity index (χ4v) is 5.50. The standard InChI is InChI=1S/C27H31N5O3S/c1-6-31(36(34,35)22-14-8-11-20-12-9-15-28-26(20)22)18-25(33)29-24-17-23(27(3,4)5)30-32(24)21-13-7-10-19(2)16-21/h7-17H,6,18H2,1-5H3,(H,29,33). The topological polar surface area (TPSA) is 97.2 Å². The van der Waals surface area contributed by atoms with Crippen LogP contribution in [0.5, 0.6) is 0 Å². The lowest BCUT2D eigenvalue weighted by Gasteiger charge is -2.21. The lowest BCUT2D eigenvalue weighted by Crippen LogP contribution is -2.38. The Kier molecular flexibility index (Phi) is 6.97. The summed E-state index contributed by atoms with van der Waals surface area (Å²) in [5.74, 6) is 0.0266. The van der Waals surface area contributed by atoms with Gasteiger partial charge in [0.25, 0.3) is 0 Å². The van der Waals surface area contributed by atoms with E-state index in [-0.39, 0.29) is 23.4 Å². The minimum atomic E-state index is -3.96. The van der Waals surface area contributed by atoms with Crippen LogP contribution in [-0.4, -0.2) is 46.5 Å². The van der Waals surface area contributed by atoms with Crippen molar-refractivity contribution in [2.45, 2.75) is 44.9 Å². The molecule has 0 spiro atoms. The molecule has 0 unspecified atom stereocenters. The molecule has 0 aliphatic carbocycles. The summed E-state index contributed by atoms with van der Waals surface area (Å²) in [6.45, 7) is 9.62. The number of nitrogens with zero attached hydrogens (tertiary/aromatic N) is 4. The molecule has 0 atom stereocenters. The van der Waals surface area contributed by atoms with Crippen molar-refractivity contribution in [1.82, 2.24) is 19.1 Å². The van der Waals surface area contributed by atoms with E-state index in [0.717, 1.165) is 26.6 Å². The molecule has 9 heteroatoms.